The van der Waals surface area contributed by atoms with Crippen LogP contribution in [0.15, 0.2) is 0 Å². The quantitative estimate of drug-likeness (QED) is 0.601. The van der Waals surface area contributed by atoms with Crippen molar-refractivity contribution in [1.82, 2.24) is 4.90 Å². The fourth-order valence-corrected chi connectivity index (χ4v) is 3.70. The molecule has 0 N–H and O–H groups in total. The third kappa shape index (κ3) is 1.24. The topological polar surface area (TPSA) is 3.24 Å². The van der Waals surface area contributed by atoms with E-state index in [4.69, 9.17) is 0 Å². The summed E-state index contributed by atoms with van der Waals surface area (Å²) in [5.41, 5.74) is 0.645. The number of fused-ring (bicyclic) bond motifs is 2. The Balaban J connectivity index is 2.23. The van der Waals surface area contributed by atoms with E-state index in [0.29, 0.717) is 5.41 Å². The van der Waals surface area contributed by atoms with Crippen LogP contribution in [0.2, 0.25) is 0 Å². The lowest BCUT2D eigenvalue weighted by Crippen LogP contribution is -2.48. The first-order valence-electron chi connectivity index (χ1n) is 5.73. The minimum atomic E-state index is 0.645. The van der Waals surface area contributed by atoms with E-state index in [-0.39, 0.29) is 0 Å². The molecule has 0 amide bonds. The Morgan fingerprint density at radius 3 is 2.00 bits per heavy atom. The molecule has 0 aromatic heterocycles. The van der Waals surface area contributed by atoms with Gasteiger partial charge in [0.25, 0.3) is 0 Å². The number of nitrogens with zero attached hydrogens (tertiary/aromatic N) is 1. The van der Waals surface area contributed by atoms with Gasteiger partial charge in [-0.1, -0.05) is 20.8 Å². The van der Waals surface area contributed by atoms with Crippen LogP contribution in [0.1, 0.15) is 33.6 Å². The van der Waals surface area contributed by atoms with Gasteiger partial charge in [-0.2, -0.15) is 0 Å². The van der Waals surface area contributed by atoms with Gasteiger partial charge in [0.1, 0.15) is 0 Å². The molecule has 1 aliphatic carbocycles. The van der Waals surface area contributed by atoms with Crippen LogP contribution in [0.4, 0.5) is 0 Å². The summed E-state index contributed by atoms with van der Waals surface area (Å²) >= 11 is 0. The van der Waals surface area contributed by atoms with Crippen LogP contribution in [-0.2, 0) is 0 Å². The smallest absolute Gasteiger partial charge is 0.00121 e. The Labute approximate surface area is 82.5 Å². The lowest BCUT2D eigenvalue weighted by atomic mass is 9.64. The molecule has 76 valence electrons. The highest BCUT2D eigenvalue weighted by Gasteiger charge is 2.51. The molecular formula is C12H23N. The highest BCUT2D eigenvalue weighted by atomic mass is 15.1. The van der Waals surface area contributed by atoms with Crippen molar-refractivity contribution in [2.45, 2.75) is 33.6 Å². The molecule has 0 radical (unpaired) electrons. The van der Waals surface area contributed by atoms with Gasteiger partial charge >= 0.3 is 0 Å². The number of piperidine rings is 1. The van der Waals surface area contributed by atoms with Gasteiger partial charge in [0, 0.05) is 13.1 Å². The zero-order valence-corrected chi connectivity index (χ0v) is 9.51. The molecule has 1 heteroatoms. The van der Waals surface area contributed by atoms with Gasteiger partial charge in [0.05, 0.1) is 0 Å². The Hall–Kier alpha value is -0.0400. The number of likely N-dealkylation sites (tertiary alicyclic amines) is 1. The molecule has 2 atom stereocenters. The summed E-state index contributed by atoms with van der Waals surface area (Å²) in [5.74, 6) is 2.80. The van der Waals surface area contributed by atoms with Crippen LogP contribution < -0.4 is 0 Å². The summed E-state index contributed by atoms with van der Waals surface area (Å²) in [4.78, 5) is 2.53. The molecule has 13 heavy (non-hydrogen) atoms. The third-order valence-electron chi connectivity index (χ3n) is 4.93. The minimum absolute atomic E-state index is 0.645. The van der Waals surface area contributed by atoms with Crippen molar-refractivity contribution in [2.75, 3.05) is 20.1 Å². The van der Waals surface area contributed by atoms with Crippen molar-refractivity contribution in [3.63, 3.8) is 0 Å². The Bertz CT molecular complexity index is 183. The van der Waals surface area contributed by atoms with Crippen molar-refractivity contribution < 1.29 is 0 Å². The Morgan fingerprint density at radius 1 is 1.15 bits per heavy atom. The zero-order valence-electron chi connectivity index (χ0n) is 9.51. The second-order valence-electron chi connectivity index (χ2n) is 5.71. The Morgan fingerprint density at radius 2 is 1.62 bits per heavy atom. The van der Waals surface area contributed by atoms with E-state index in [9.17, 15) is 0 Å². The second kappa shape index (κ2) is 2.98. The normalized spacial score (nSPS) is 45.9. The lowest BCUT2D eigenvalue weighted by molar-refractivity contribution is 0.00803. The summed E-state index contributed by atoms with van der Waals surface area (Å²) < 4.78 is 0. The maximum Gasteiger partial charge on any atom is 0.00121 e. The zero-order chi connectivity index (χ0) is 9.64. The first-order valence-corrected chi connectivity index (χ1v) is 5.73. The van der Waals surface area contributed by atoms with E-state index in [1.54, 1.807) is 0 Å². The van der Waals surface area contributed by atoms with Gasteiger partial charge in [-0.05, 0) is 43.1 Å². The molecule has 1 heterocycles. The van der Waals surface area contributed by atoms with Gasteiger partial charge in [-0.3, -0.25) is 0 Å². The predicted molar refractivity (Wildman–Crippen MR) is 56.7 cm³/mol. The molecule has 2 unspecified atom stereocenters. The maximum absolute atomic E-state index is 2.53. The summed E-state index contributed by atoms with van der Waals surface area (Å²) in [5, 5.41) is 0. The fraction of sp³-hybridized carbons (Fsp3) is 1.00. The molecule has 1 saturated heterocycles. The van der Waals surface area contributed by atoms with Crippen LogP contribution in [0.25, 0.3) is 0 Å². The first kappa shape index (κ1) is 9.51. The summed E-state index contributed by atoms with van der Waals surface area (Å²) in [6.45, 7) is 10.0. The van der Waals surface area contributed by atoms with Crippen LogP contribution in [0, 0.1) is 23.2 Å². The molecule has 2 aliphatic rings. The molecule has 1 saturated carbocycles. The van der Waals surface area contributed by atoms with Gasteiger partial charge in [0.15, 0.2) is 0 Å². The fourth-order valence-electron chi connectivity index (χ4n) is 3.70. The molecule has 0 aromatic rings. The van der Waals surface area contributed by atoms with Crippen molar-refractivity contribution >= 4 is 0 Å². The van der Waals surface area contributed by atoms with Crippen LogP contribution in [-0.4, -0.2) is 25.0 Å². The monoisotopic (exact) mass is 181 g/mol. The van der Waals surface area contributed by atoms with Gasteiger partial charge in [-0.25, -0.2) is 0 Å². The molecule has 2 rings (SSSR count). The Kier molecular flexibility index (Phi) is 2.18. The van der Waals surface area contributed by atoms with Crippen LogP contribution in [0.3, 0.4) is 0 Å². The molecule has 0 spiro atoms. The molecule has 1 aliphatic heterocycles. The standard InChI is InChI=1S/C12H23N/c1-9(2)12(3)10-5-6-11(12)8-13(4)7-10/h9-11H,5-8H2,1-4H3. The highest BCUT2D eigenvalue weighted by molar-refractivity contribution is 5.01. The first-order chi connectivity index (χ1) is 6.05. The molecular weight excluding hydrogens is 158 g/mol. The largest absolute Gasteiger partial charge is 0.306 e. The summed E-state index contributed by atoms with van der Waals surface area (Å²) in [6, 6.07) is 0. The molecule has 2 fully saturated rings. The highest BCUT2D eigenvalue weighted by Crippen LogP contribution is 2.54. The van der Waals surface area contributed by atoms with Crippen LogP contribution in [0.5, 0.6) is 0 Å². The maximum atomic E-state index is 2.53. The number of rotatable bonds is 1. The van der Waals surface area contributed by atoms with E-state index in [0.717, 1.165) is 17.8 Å². The summed E-state index contributed by atoms with van der Waals surface area (Å²) in [7, 11) is 2.28. The van der Waals surface area contributed by atoms with Gasteiger partial charge < -0.3 is 4.90 Å². The van der Waals surface area contributed by atoms with Crippen LogP contribution >= 0.6 is 0 Å². The SMILES string of the molecule is CC(C)C1(C)C2CCC1CN(C)C2. The third-order valence-corrected chi connectivity index (χ3v) is 4.93. The number of hydrogen-bond acceptors (Lipinski definition) is 1. The average Bonchev–Trinajstić information content (AvgIpc) is 2.29. The minimum Gasteiger partial charge on any atom is -0.306 e. The second-order valence-corrected chi connectivity index (χ2v) is 5.71. The van der Waals surface area contributed by atoms with Crippen molar-refractivity contribution in [2.24, 2.45) is 23.2 Å². The van der Waals surface area contributed by atoms with E-state index in [1.807, 2.05) is 0 Å². The van der Waals surface area contributed by atoms with E-state index < -0.39 is 0 Å². The predicted octanol–water partition coefficient (Wildman–Crippen LogP) is 2.62. The molecule has 2 bridgehead atoms. The van der Waals surface area contributed by atoms with Crippen molar-refractivity contribution in [1.29, 1.82) is 0 Å². The summed E-state index contributed by atoms with van der Waals surface area (Å²) in [6.07, 6.45) is 2.95. The average molecular weight is 181 g/mol. The molecule has 0 aromatic carbocycles. The lowest BCUT2D eigenvalue weighted by Gasteiger charge is -2.47. The van der Waals surface area contributed by atoms with E-state index in [1.165, 1.54) is 25.9 Å². The number of hydrogen-bond donors (Lipinski definition) is 0. The van der Waals surface area contributed by atoms with Crippen molar-refractivity contribution in [3.8, 4) is 0 Å². The molecule has 1 nitrogen and oxygen atoms in total. The van der Waals surface area contributed by atoms with E-state index in [2.05, 4.69) is 32.7 Å². The van der Waals surface area contributed by atoms with Crippen molar-refractivity contribution in [3.05, 3.63) is 0 Å². The van der Waals surface area contributed by atoms with E-state index >= 15 is 0 Å². The van der Waals surface area contributed by atoms with Gasteiger partial charge in [-0.15, -0.1) is 0 Å². The van der Waals surface area contributed by atoms with Gasteiger partial charge in [0.2, 0.25) is 0 Å².